The second kappa shape index (κ2) is 5.46. The lowest BCUT2D eigenvalue weighted by Crippen LogP contribution is -2.22. The van der Waals surface area contributed by atoms with Gasteiger partial charge in [0, 0.05) is 5.56 Å². The largest absolute Gasteiger partial charge is 0.497 e. The molecule has 0 saturated carbocycles. The summed E-state index contributed by atoms with van der Waals surface area (Å²) in [5.74, 6) is 0.732. The van der Waals surface area contributed by atoms with Crippen molar-refractivity contribution in [1.82, 2.24) is 0 Å². The summed E-state index contributed by atoms with van der Waals surface area (Å²) in [4.78, 5) is 0. The number of ether oxygens (including phenoxy) is 2. The van der Waals surface area contributed by atoms with E-state index < -0.39 is 0 Å². The van der Waals surface area contributed by atoms with E-state index in [1.165, 1.54) is 0 Å². The summed E-state index contributed by atoms with van der Waals surface area (Å²) in [6, 6.07) is 13.1. The van der Waals surface area contributed by atoms with Crippen molar-refractivity contribution >= 4 is 11.4 Å². The van der Waals surface area contributed by atoms with Gasteiger partial charge in [-0.05, 0) is 23.8 Å². The zero-order chi connectivity index (χ0) is 16.6. The Bertz CT molecular complexity index is 852. The molecular weight excluding hydrogens is 292 g/mol. The third kappa shape index (κ3) is 2.28. The van der Waals surface area contributed by atoms with Gasteiger partial charge in [0.15, 0.2) is 5.75 Å². The summed E-state index contributed by atoms with van der Waals surface area (Å²) < 4.78 is 10.8. The van der Waals surface area contributed by atoms with E-state index in [0.717, 1.165) is 11.1 Å². The minimum absolute atomic E-state index is 0.0325. The first-order valence-electron chi connectivity index (χ1n) is 6.96. The Hall–Kier alpha value is -3.33. The van der Waals surface area contributed by atoms with Crippen LogP contribution in [0.15, 0.2) is 47.9 Å². The molecule has 6 nitrogen and oxygen atoms in total. The van der Waals surface area contributed by atoms with Crippen molar-refractivity contribution in [3.05, 3.63) is 59.0 Å². The smallest absolute Gasteiger partial charge is 0.205 e. The second-order valence-electron chi connectivity index (χ2n) is 5.19. The van der Waals surface area contributed by atoms with Crippen LogP contribution < -0.4 is 26.7 Å². The molecule has 0 amide bonds. The van der Waals surface area contributed by atoms with Crippen molar-refractivity contribution in [2.75, 3.05) is 18.6 Å². The van der Waals surface area contributed by atoms with Crippen LogP contribution in [0, 0.1) is 11.3 Å². The number of allylic oxidation sites excluding steroid dienone is 1. The summed E-state index contributed by atoms with van der Waals surface area (Å²) in [5.41, 5.74) is 20.4. The lowest BCUT2D eigenvalue weighted by atomic mass is 9.83. The molecule has 0 fully saturated rings. The molecule has 0 bridgehead atoms. The monoisotopic (exact) mass is 308 g/mol. The van der Waals surface area contributed by atoms with Gasteiger partial charge in [-0.25, -0.2) is 0 Å². The van der Waals surface area contributed by atoms with Gasteiger partial charge in [-0.1, -0.05) is 18.2 Å². The van der Waals surface area contributed by atoms with Gasteiger partial charge in [0.25, 0.3) is 0 Å². The van der Waals surface area contributed by atoms with Crippen molar-refractivity contribution in [1.29, 1.82) is 5.26 Å². The fraction of sp³-hybridized carbons (Fsp3) is 0.118. The Morgan fingerprint density at radius 1 is 1.17 bits per heavy atom. The summed E-state index contributed by atoms with van der Waals surface area (Å²) in [7, 11) is 1.59. The van der Waals surface area contributed by atoms with E-state index in [9.17, 15) is 5.26 Å². The molecule has 1 atom stereocenters. The van der Waals surface area contributed by atoms with Crippen LogP contribution in [0.1, 0.15) is 17.0 Å². The van der Waals surface area contributed by atoms with Crippen molar-refractivity contribution in [3.63, 3.8) is 0 Å². The predicted octanol–water partition coefficient (Wildman–Crippen LogP) is 2.08. The van der Waals surface area contributed by atoms with E-state index >= 15 is 0 Å². The van der Waals surface area contributed by atoms with Crippen molar-refractivity contribution in [2.24, 2.45) is 5.73 Å². The van der Waals surface area contributed by atoms with Gasteiger partial charge in [-0.3, -0.25) is 0 Å². The zero-order valence-electron chi connectivity index (χ0n) is 12.5. The molecule has 0 saturated heterocycles. The number of rotatable bonds is 2. The third-order valence-corrected chi connectivity index (χ3v) is 3.89. The molecule has 0 spiro atoms. The number of anilines is 2. The van der Waals surface area contributed by atoms with E-state index in [0.29, 0.717) is 28.4 Å². The molecule has 116 valence electrons. The minimum atomic E-state index is -0.387. The number of fused-ring (bicyclic) bond motifs is 1. The molecule has 3 rings (SSSR count). The molecular formula is C17H16N4O2. The fourth-order valence-corrected chi connectivity index (χ4v) is 2.72. The number of nitriles is 1. The molecule has 0 aromatic heterocycles. The molecule has 2 aromatic carbocycles. The molecule has 1 aliphatic rings. The maximum atomic E-state index is 9.51. The molecule has 1 heterocycles. The Labute approximate surface area is 133 Å². The van der Waals surface area contributed by atoms with Crippen molar-refractivity contribution < 1.29 is 9.47 Å². The number of nitrogens with zero attached hydrogens (tertiary/aromatic N) is 1. The number of nitrogen functional groups attached to an aromatic ring is 2. The molecule has 6 N–H and O–H groups in total. The van der Waals surface area contributed by atoms with E-state index in [4.69, 9.17) is 26.7 Å². The first-order chi connectivity index (χ1) is 11.1. The summed E-state index contributed by atoms with van der Waals surface area (Å²) in [6.07, 6.45) is 0. The number of methoxy groups -OCH3 is 1. The number of benzene rings is 2. The van der Waals surface area contributed by atoms with Crippen LogP contribution in [-0.2, 0) is 0 Å². The van der Waals surface area contributed by atoms with Gasteiger partial charge in [0.2, 0.25) is 5.88 Å². The average molecular weight is 308 g/mol. The van der Waals surface area contributed by atoms with Crippen LogP contribution in [-0.4, -0.2) is 7.11 Å². The van der Waals surface area contributed by atoms with E-state index in [1.54, 1.807) is 19.2 Å². The van der Waals surface area contributed by atoms with Gasteiger partial charge < -0.3 is 26.7 Å². The first kappa shape index (κ1) is 14.6. The highest BCUT2D eigenvalue weighted by Gasteiger charge is 2.32. The predicted molar refractivity (Wildman–Crippen MR) is 87.6 cm³/mol. The second-order valence-corrected chi connectivity index (χ2v) is 5.19. The number of hydrogen-bond acceptors (Lipinski definition) is 6. The lowest BCUT2D eigenvalue weighted by molar-refractivity contribution is 0.395. The maximum absolute atomic E-state index is 9.51. The highest BCUT2D eigenvalue weighted by molar-refractivity contribution is 5.76. The van der Waals surface area contributed by atoms with Crippen LogP contribution >= 0.6 is 0 Å². The fourth-order valence-electron chi connectivity index (χ4n) is 2.72. The summed E-state index contributed by atoms with van der Waals surface area (Å²) in [6.45, 7) is 0. The number of nitrogens with two attached hydrogens (primary N) is 3. The van der Waals surface area contributed by atoms with E-state index in [1.807, 2.05) is 24.3 Å². The highest BCUT2D eigenvalue weighted by atomic mass is 16.5. The number of hydrogen-bond donors (Lipinski definition) is 3. The highest BCUT2D eigenvalue weighted by Crippen LogP contribution is 2.46. The third-order valence-electron chi connectivity index (χ3n) is 3.89. The van der Waals surface area contributed by atoms with Crippen LogP contribution in [0.3, 0.4) is 0 Å². The van der Waals surface area contributed by atoms with Crippen LogP contribution in [0.5, 0.6) is 11.5 Å². The van der Waals surface area contributed by atoms with Gasteiger partial charge >= 0.3 is 0 Å². The molecule has 6 heteroatoms. The molecule has 1 aliphatic heterocycles. The van der Waals surface area contributed by atoms with Crippen molar-refractivity contribution in [3.8, 4) is 17.6 Å². The normalized spacial score (nSPS) is 16.3. The van der Waals surface area contributed by atoms with Crippen molar-refractivity contribution in [2.45, 2.75) is 5.92 Å². The first-order valence-corrected chi connectivity index (χ1v) is 6.96. The molecule has 0 aliphatic carbocycles. The summed E-state index contributed by atoms with van der Waals surface area (Å²) in [5, 5.41) is 9.51. The maximum Gasteiger partial charge on any atom is 0.205 e. The quantitative estimate of drug-likeness (QED) is 0.730. The lowest BCUT2D eigenvalue weighted by Gasteiger charge is -2.27. The molecule has 23 heavy (non-hydrogen) atoms. The molecule has 2 aromatic rings. The van der Waals surface area contributed by atoms with Gasteiger partial charge in [0.1, 0.15) is 17.4 Å². The van der Waals surface area contributed by atoms with Crippen LogP contribution in [0.4, 0.5) is 11.4 Å². The van der Waals surface area contributed by atoms with E-state index in [-0.39, 0.29) is 11.8 Å². The Balaban J connectivity index is 2.25. The van der Waals surface area contributed by atoms with Gasteiger partial charge in [-0.15, -0.1) is 0 Å². The Kier molecular flexibility index (Phi) is 3.47. The van der Waals surface area contributed by atoms with E-state index in [2.05, 4.69) is 6.07 Å². The topological polar surface area (TPSA) is 120 Å². The molecule has 0 radical (unpaired) electrons. The van der Waals surface area contributed by atoms with Crippen LogP contribution in [0.25, 0.3) is 0 Å². The SMILES string of the molecule is COc1cccc(C2C(C#N)=C(N)Oc3c2ccc(N)c3N)c1. The van der Waals surface area contributed by atoms with Gasteiger partial charge in [0.05, 0.1) is 24.4 Å². The standard InChI is InChI=1S/C17H16N4O2/c1-22-10-4-2-3-9(7-10)14-11-5-6-13(19)15(20)16(11)23-17(21)12(14)8-18/h2-7,14H,19-21H2,1H3. The summed E-state index contributed by atoms with van der Waals surface area (Å²) >= 11 is 0. The Morgan fingerprint density at radius 2 is 1.96 bits per heavy atom. The zero-order valence-corrected chi connectivity index (χ0v) is 12.5. The molecule has 1 unspecified atom stereocenters. The minimum Gasteiger partial charge on any atom is -0.497 e. The van der Waals surface area contributed by atoms with Gasteiger partial charge in [-0.2, -0.15) is 5.26 Å². The average Bonchev–Trinajstić information content (AvgIpc) is 2.57. The van der Waals surface area contributed by atoms with Crippen LogP contribution in [0.2, 0.25) is 0 Å². The Morgan fingerprint density at radius 3 is 2.65 bits per heavy atom.